The molecule has 0 bridgehead atoms. The zero-order chi connectivity index (χ0) is 12.1. The summed E-state index contributed by atoms with van der Waals surface area (Å²) >= 11 is 0. The van der Waals surface area contributed by atoms with Crippen LogP contribution in [0.5, 0.6) is 0 Å². The number of aromatic nitrogens is 3. The first-order valence-corrected chi connectivity index (χ1v) is 4.97. The van der Waals surface area contributed by atoms with E-state index in [4.69, 9.17) is 0 Å². The van der Waals surface area contributed by atoms with Gasteiger partial charge in [0.25, 0.3) is 5.91 Å². The number of amides is 1. The fourth-order valence-corrected chi connectivity index (χ4v) is 1.28. The van der Waals surface area contributed by atoms with Crippen molar-refractivity contribution < 1.29 is 4.79 Å². The van der Waals surface area contributed by atoms with Crippen molar-refractivity contribution >= 4 is 5.91 Å². The van der Waals surface area contributed by atoms with Crippen molar-refractivity contribution in [1.82, 2.24) is 20.3 Å². The highest BCUT2D eigenvalue weighted by Gasteiger charge is 2.08. The average molecular weight is 230 g/mol. The molecule has 0 atom stereocenters. The molecule has 0 saturated carbocycles. The molecule has 2 rings (SSSR count). The average Bonchev–Trinajstić information content (AvgIpc) is 2.38. The lowest BCUT2D eigenvalue weighted by Crippen LogP contribution is -2.28. The molecular weight excluding hydrogens is 220 g/mol. The molecule has 6 heteroatoms. The van der Waals surface area contributed by atoms with Gasteiger partial charge in [-0.3, -0.25) is 9.59 Å². The lowest BCUT2D eigenvalue weighted by molar-refractivity contribution is 0.0949. The molecule has 0 aliphatic carbocycles. The predicted molar refractivity (Wildman–Crippen MR) is 60.3 cm³/mol. The van der Waals surface area contributed by atoms with E-state index in [1.54, 1.807) is 12.3 Å². The van der Waals surface area contributed by atoms with Crippen LogP contribution in [0, 0.1) is 0 Å². The van der Waals surface area contributed by atoms with Crippen molar-refractivity contribution in [3.05, 3.63) is 58.5 Å². The van der Waals surface area contributed by atoms with Gasteiger partial charge in [-0.05, 0) is 6.07 Å². The van der Waals surface area contributed by atoms with E-state index >= 15 is 0 Å². The minimum Gasteiger partial charge on any atom is -0.367 e. The number of pyridine rings is 1. The third kappa shape index (κ3) is 2.75. The van der Waals surface area contributed by atoms with E-state index in [2.05, 4.69) is 20.3 Å². The number of H-pyrrole nitrogens is 1. The van der Waals surface area contributed by atoms with Crippen LogP contribution in [0.3, 0.4) is 0 Å². The van der Waals surface area contributed by atoms with Gasteiger partial charge in [-0.1, -0.05) is 0 Å². The topological polar surface area (TPSA) is 87.7 Å². The minimum absolute atomic E-state index is 0.0848. The summed E-state index contributed by atoms with van der Waals surface area (Å²) in [5.74, 6) is -0.425. The van der Waals surface area contributed by atoms with E-state index in [1.165, 1.54) is 24.8 Å². The number of aromatic amines is 1. The van der Waals surface area contributed by atoms with Crippen LogP contribution in [0.25, 0.3) is 0 Å². The molecular formula is C11H10N4O2. The van der Waals surface area contributed by atoms with Crippen LogP contribution in [0.1, 0.15) is 16.1 Å². The molecule has 0 radical (unpaired) electrons. The van der Waals surface area contributed by atoms with Crippen molar-refractivity contribution in [2.24, 2.45) is 0 Å². The number of nitrogens with zero attached hydrogens (tertiary/aromatic N) is 2. The molecule has 0 saturated heterocycles. The zero-order valence-electron chi connectivity index (χ0n) is 8.88. The molecule has 2 heterocycles. The van der Waals surface area contributed by atoms with E-state index in [0.29, 0.717) is 5.69 Å². The SMILES string of the molecule is O=C(NCc1ccncn1)c1c[nH]ccc1=O. The Balaban J connectivity index is 2.04. The fraction of sp³-hybridized carbons (Fsp3) is 0.0909. The first-order chi connectivity index (χ1) is 8.27. The van der Waals surface area contributed by atoms with E-state index in [9.17, 15) is 9.59 Å². The third-order valence-corrected chi connectivity index (χ3v) is 2.14. The molecule has 2 N–H and O–H groups in total. The summed E-state index contributed by atoms with van der Waals surface area (Å²) in [6.45, 7) is 0.260. The molecule has 6 nitrogen and oxygen atoms in total. The summed E-state index contributed by atoms with van der Waals surface area (Å²) in [4.78, 5) is 33.4. The highest BCUT2D eigenvalue weighted by Crippen LogP contribution is 1.92. The summed E-state index contributed by atoms with van der Waals surface area (Å²) in [5.41, 5.74) is 0.450. The molecule has 0 unspecified atom stereocenters. The molecule has 0 aliphatic rings. The van der Waals surface area contributed by atoms with Crippen LogP contribution < -0.4 is 10.7 Å². The normalized spacial score (nSPS) is 9.88. The van der Waals surface area contributed by atoms with Crippen LogP contribution in [-0.2, 0) is 6.54 Å². The van der Waals surface area contributed by atoms with Gasteiger partial charge in [0.1, 0.15) is 11.9 Å². The Kier molecular flexibility index (Phi) is 3.25. The second-order valence-electron chi connectivity index (χ2n) is 3.31. The van der Waals surface area contributed by atoms with Crippen molar-refractivity contribution in [1.29, 1.82) is 0 Å². The van der Waals surface area contributed by atoms with Gasteiger partial charge in [0.05, 0.1) is 12.2 Å². The van der Waals surface area contributed by atoms with Crippen LogP contribution in [0.2, 0.25) is 0 Å². The third-order valence-electron chi connectivity index (χ3n) is 2.14. The van der Waals surface area contributed by atoms with Gasteiger partial charge >= 0.3 is 0 Å². The minimum atomic E-state index is -0.425. The van der Waals surface area contributed by atoms with Gasteiger partial charge in [-0.2, -0.15) is 0 Å². The summed E-state index contributed by atoms with van der Waals surface area (Å²) in [5, 5.41) is 2.61. The largest absolute Gasteiger partial charge is 0.367 e. The van der Waals surface area contributed by atoms with Gasteiger partial charge in [0.2, 0.25) is 0 Å². The number of hydrogen-bond donors (Lipinski definition) is 2. The standard InChI is InChI=1S/C11H10N4O2/c16-10-2-4-12-6-9(10)11(17)14-5-8-1-3-13-7-15-8/h1-4,6-7H,5H2,(H,12,16)(H,14,17). The lowest BCUT2D eigenvalue weighted by Gasteiger charge is -2.03. The van der Waals surface area contributed by atoms with Crippen molar-refractivity contribution in [2.45, 2.75) is 6.54 Å². The summed E-state index contributed by atoms with van der Waals surface area (Å²) in [6.07, 6.45) is 5.84. The monoisotopic (exact) mass is 230 g/mol. The maximum Gasteiger partial charge on any atom is 0.257 e. The smallest absolute Gasteiger partial charge is 0.257 e. The molecule has 2 aromatic heterocycles. The molecule has 2 aromatic rings. The maximum atomic E-state index is 11.7. The molecule has 0 spiro atoms. The number of rotatable bonds is 3. The molecule has 1 amide bonds. The van der Waals surface area contributed by atoms with Gasteiger partial charge in [0.15, 0.2) is 5.43 Å². The van der Waals surface area contributed by atoms with Crippen molar-refractivity contribution in [2.75, 3.05) is 0 Å². The summed E-state index contributed by atoms with van der Waals surface area (Å²) in [7, 11) is 0. The lowest BCUT2D eigenvalue weighted by atomic mass is 10.2. The molecule has 86 valence electrons. The second kappa shape index (κ2) is 5.02. The zero-order valence-corrected chi connectivity index (χ0v) is 8.88. The highest BCUT2D eigenvalue weighted by molar-refractivity contribution is 5.93. The van der Waals surface area contributed by atoms with Gasteiger partial charge in [0, 0.05) is 24.7 Å². The Morgan fingerprint density at radius 3 is 3.00 bits per heavy atom. The molecule has 0 fully saturated rings. The Labute approximate surface area is 96.8 Å². The van der Waals surface area contributed by atoms with Crippen LogP contribution >= 0.6 is 0 Å². The van der Waals surface area contributed by atoms with Gasteiger partial charge < -0.3 is 10.3 Å². The Bertz CT molecular complexity index is 565. The molecule has 0 aliphatic heterocycles. The number of carbonyl (C=O) groups is 1. The van der Waals surface area contributed by atoms with Crippen LogP contribution in [0.15, 0.2) is 41.8 Å². The maximum absolute atomic E-state index is 11.7. The van der Waals surface area contributed by atoms with Crippen molar-refractivity contribution in [3.8, 4) is 0 Å². The van der Waals surface area contributed by atoms with Crippen LogP contribution in [0.4, 0.5) is 0 Å². The van der Waals surface area contributed by atoms with Crippen molar-refractivity contribution in [3.63, 3.8) is 0 Å². The molecule has 17 heavy (non-hydrogen) atoms. The first-order valence-electron chi connectivity index (χ1n) is 4.97. The van der Waals surface area contributed by atoms with E-state index < -0.39 is 5.91 Å². The predicted octanol–water partition coefficient (Wildman–Crippen LogP) is 0.0949. The fourth-order valence-electron chi connectivity index (χ4n) is 1.28. The van der Waals surface area contributed by atoms with E-state index in [1.807, 2.05) is 0 Å². The second-order valence-corrected chi connectivity index (χ2v) is 3.31. The number of hydrogen-bond acceptors (Lipinski definition) is 4. The van der Waals surface area contributed by atoms with Crippen LogP contribution in [-0.4, -0.2) is 20.9 Å². The Morgan fingerprint density at radius 1 is 1.41 bits per heavy atom. The quantitative estimate of drug-likeness (QED) is 0.782. The van der Waals surface area contributed by atoms with E-state index in [-0.39, 0.29) is 17.5 Å². The van der Waals surface area contributed by atoms with Gasteiger partial charge in [-0.25, -0.2) is 9.97 Å². The summed E-state index contributed by atoms with van der Waals surface area (Å²) < 4.78 is 0. The Morgan fingerprint density at radius 2 is 2.29 bits per heavy atom. The summed E-state index contributed by atoms with van der Waals surface area (Å²) in [6, 6.07) is 3.00. The highest BCUT2D eigenvalue weighted by atomic mass is 16.2. The number of carbonyl (C=O) groups excluding carboxylic acids is 1. The van der Waals surface area contributed by atoms with E-state index in [0.717, 1.165) is 0 Å². The van der Waals surface area contributed by atoms with Gasteiger partial charge in [-0.15, -0.1) is 0 Å². The molecule has 0 aromatic carbocycles. The number of nitrogens with one attached hydrogen (secondary N) is 2. The Hall–Kier alpha value is -2.50. The first kappa shape index (κ1) is 11.0.